The zero-order valence-corrected chi connectivity index (χ0v) is 17.5. The van der Waals surface area contributed by atoms with Crippen LogP contribution in [0, 0.1) is 5.92 Å². The molecule has 1 heterocycles. The molecular formula is C19H31N5O3S. The SMILES string of the molecule is CCNC(=NCCc1ccc(S(N)(=O)=O)cc1)N1CCC(CC(=O)NC)CC1. The molecule has 156 valence electrons. The van der Waals surface area contributed by atoms with Crippen LogP contribution in [-0.4, -0.2) is 58.4 Å². The first-order valence-corrected chi connectivity index (χ1v) is 11.2. The van der Waals surface area contributed by atoms with Gasteiger partial charge in [0.15, 0.2) is 5.96 Å². The van der Waals surface area contributed by atoms with Gasteiger partial charge >= 0.3 is 0 Å². The van der Waals surface area contributed by atoms with E-state index in [1.807, 2.05) is 6.92 Å². The van der Waals surface area contributed by atoms with Crippen molar-refractivity contribution in [1.29, 1.82) is 0 Å². The summed E-state index contributed by atoms with van der Waals surface area (Å²) in [6.07, 6.45) is 3.26. The summed E-state index contributed by atoms with van der Waals surface area (Å²) in [6, 6.07) is 6.59. The Labute approximate surface area is 167 Å². The van der Waals surface area contributed by atoms with Gasteiger partial charge in [-0.3, -0.25) is 9.79 Å². The van der Waals surface area contributed by atoms with E-state index in [-0.39, 0.29) is 10.8 Å². The minimum absolute atomic E-state index is 0.104. The molecule has 0 saturated carbocycles. The third kappa shape index (κ3) is 6.79. The second-order valence-electron chi connectivity index (χ2n) is 6.98. The van der Waals surface area contributed by atoms with E-state index in [2.05, 4.69) is 15.5 Å². The van der Waals surface area contributed by atoms with Crippen molar-refractivity contribution in [3.63, 3.8) is 0 Å². The number of amides is 1. The van der Waals surface area contributed by atoms with Gasteiger partial charge in [0.05, 0.1) is 4.90 Å². The first-order valence-electron chi connectivity index (χ1n) is 9.69. The highest BCUT2D eigenvalue weighted by Gasteiger charge is 2.23. The normalized spacial score (nSPS) is 16.1. The highest BCUT2D eigenvalue weighted by Crippen LogP contribution is 2.20. The van der Waals surface area contributed by atoms with Crippen molar-refractivity contribution in [2.24, 2.45) is 16.0 Å². The molecule has 1 aromatic carbocycles. The zero-order valence-electron chi connectivity index (χ0n) is 16.6. The van der Waals surface area contributed by atoms with Crippen molar-refractivity contribution in [2.45, 2.75) is 37.5 Å². The van der Waals surface area contributed by atoms with Gasteiger partial charge in [0, 0.05) is 39.6 Å². The van der Waals surface area contributed by atoms with Crippen LogP contribution in [0.1, 0.15) is 31.7 Å². The van der Waals surface area contributed by atoms with E-state index in [1.54, 1.807) is 19.2 Å². The maximum atomic E-state index is 11.5. The number of hydrogen-bond donors (Lipinski definition) is 3. The van der Waals surface area contributed by atoms with Crippen LogP contribution >= 0.6 is 0 Å². The number of sulfonamides is 1. The third-order valence-corrected chi connectivity index (χ3v) is 5.85. The van der Waals surface area contributed by atoms with Gasteiger partial charge in [0.1, 0.15) is 0 Å². The number of carbonyl (C=O) groups excluding carboxylic acids is 1. The van der Waals surface area contributed by atoms with Gasteiger partial charge in [-0.25, -0.2) is 13.6 Å². The van der Waals surface area contributed by atoms with Crippen LogP contribution < -0.4 is 15.8 Å². The average molecular weight is 410 g/mol. The van der Waals surface area contributed by atoms with Crippen LogP contribution in [0.25, 0.3) is 0 Å². The van der Waals surface area contributed by atoms with Crippen molar-refractivity contribution in [1.82, 2.24) is 15.5 Å². The van der Waals surface area contributed by atoms with E-state index < -0.39 is 10.0 Å². The van der Waals surface area contributed by atoms with E-state index in [0.717, 1.165) is 44.0 Å². The minimum atomic E-state index is -3.66. The molecule has 2 rings (SSSR count). The predicted molar refractivity (Wildman–Crippen MR) is 110 cm³/mol. The first kappa shape index (κ1) is 22.2. The van der Waals surface area contributed by atoms with E-state index in [9.17, 15) is 13.2 Å². The van der Waals surface area contributed by atoms with Gasteiger partial charge in [-0.1, -0.05) is 12.1 Å². The van der Waals surface area contributed by atoms with Crippen molar-refractivity contribution >= 4 is 21.9 Å². The molecule has 0 aliphatic carbocycles. The Balaban J connectivity index is 1.89. The summed E-state index contributed by atoms with van der Waals surface area (Å²) in [6.45, 7) is 5.21. The lowest BCUT2D eigenvalue weighted by atomic mass is 9.93. The quantitative estimate of drug-likeness (QED) is 0.452. The maximum absolute atomic E-state index is 11.5. The number of rotatable bonds is 7. The fourth-order valence-electron chi connectivity index (χ4n) is 3.28. The summed E-state index contributed by atoms with van der Waals surface area (Å²) in [5.41, 5.74) is 1.01. The maximum Gasteiger partial charge on any atom is 0.238 e. The predicted octanol–water partition coefficient (Wildman–Crippen LogP) is 0.690. The summed E-state index contributed by atoms with van der Waals surface area (Å²) in [4.78, 5) is 18.6. The topological polar surface area (TPSA) is 117 Å². The van der Waals surface area contributed by atoms with Gasteiger partial charge in [-0.05, 0) is 49.8 Å². The smallest absolute Gasteiger partial charge is 0.238 e. The van der Waals surface area contributed by atoms with Gasteiger partial charge in [-0.2, -0.15) is 0 Å². The second kappa shape index (κ2) is 10.4. The molecule has 1 aliphatic rings. The molecule has 1 amide bonds. The molecule has 0 unspecified atom stereocenters. The molecule has 1 aromatic rings. The van der Waals surface area contributed by atoms with Crippen LogP contribution in [-0.2, 0) is 21.2 Å². The van der Waals surface area contributed by atoms with Gasteiger partial charge in [0.25, 0.3) is 0 Å². The molecule has 1 fully saturated rings. The summed E-state index contributed by atoms with van der Waals surface area (Å²) >= 11 is 0. The van der Waals surface area contributed by atoms with Gasteiger partial charge in [0.2, 0.25) is 15.9 Å². The first-order chi connectivity index (χ1) is 13.3. The number of carbonyl (C=O) groups is 1. The molecule has 1 saturated heterocycles. The molecule has 0 bridgehead atoms. The fourth-order valence-corrected chi connectivity index (χ4v) is 3.79. The van der Waals surface area contributed by atoms with Crippen molar-refractivity contribution < 1.29 is 13.2 Å². The molecule has 28 heavy (non-hydrogen) atoms. The van der Waals surface area contributed by atoms with Crippen LogP contribution in [0.3, 0.4) is 0 Å². The Kier molecular flexibility index (Phi) is 8.25. The molecule has 1 aliphatic heterocycles. The van der Waals surface area contributed by atoms with Crippen LogP contribution in [0.2, 0.25) is 0 Å². The fraction of sp³-hybridized carbons (Fsp3) is 0.579. The van der Waals surface area contributed by atoms with Crippen molar-refractivity contribution in [2.75, 3.05) is 33.2 Å². The largest absolute Gasteiger partial charge is 0.359 e. The number of likely N-dealkylation sites (tertiary alicyclic amines) is 1. The third-order valence-electron chi connectivity index (χ3n) is 4.92. The lowest BCUT2D eigenvalue weighted by Gasteiger charge is -2.34. The van der Waals surface area contributed by atoms with Gasteiger partial charge < -0.3 is 15.5 Å². The minimum Gasteiger partial charge on any atom is -0.359 e. The number of hydrogen-bond acceptors (Lipinski definition) is 4. The summed E-state index contributed by atoms with van der Waals surface area (Å²) < 4.78 is 22.6. The molecule has 0 aromatic heterocycles. The number of nitrogens with two attached hydrogens (primary N) is 1. The molecule has 4 N–H and O–H groups in total. The van der Waals surface area contributed by atoms with Crippen molar-refractivity contribution in [3.05, 3.63) is 29.8 Å². The van der Waals surface area contributed by atoms with E-state index in [1.165, 1.54) is 12.1 Å². The lowest BCUT2D eigenvalue weighted by Crippen LogP contribution is -2.46. The summed E-state index contributed by atoms with van der Waals surface area (Å²) in [7, 11) is -1.98. The number of nitrogens with one attached hydrogen (secondary N) is 2. The highest BCUT2D eigenvalue weighted by atomic mass is 32.2. The van der Waals surface area contributed by atoms with E-state index in [0.29, 0.717) is 25.3 Å². The Bertz CT molecular complexity index is 769. The number of nitrogens with zero attached hydrogens (tertiary/aromatic N) is 2. The summed E-state index contributed by atoms with van der Waals surface area (Å²) in [5.74, 6) is 1.42. The Hall–Kier alpha value is -2.13. The number of aliphatic imine (C=N–C) groups is 1. The Morgan fingerprint density at radius 1 is 1.25 bits per heavy atom. The zero-order chi connectivity index (χ0) is 20.6. The van der Waals surface area contributed by atoms with E-state index in [4.69, 9.17) is 10.1 Å². The molecule has 8 nitrogen and oxygen atoms in total. The van der Waals surface area contributed by atoms with Crippen LogP contribution in [0.4, 0.5) is 0 Å². The number of benzene rings is 1. The Morgan fingerprint density at radius 2 is 1.89 bits per heavy atom. The summed E-state index contributed by atoms with van der Waals surface area (Å²) in [5, 5.41) is 11.1. The Morgan fingerprint density at radius 3 is 2.43 bits per heavy atom. The molecular weight excluding hydrogens is 378 g/mol. The van der Waals surface area contributed by atoms with Gasteiger partial charge in [-0.15, -0.1) is 0 Å². The molecule has 9 heteroatoms. The number of guanidine groups is 1. The number of piperidine rings is 1. The van der Waals surface area contributed by atoms with E-state index >= 15 is 0 Å². The average Bonchev–Trinajstić information content (AvgIpc) is 2.67. The monoisotopic (exact) mass is 409 g/mol. The van der Waals surface area contributed by atoms with Crippen molar-refractivity contribution in [3.8, 4) is 0 Å². The number of primary sulfonamides is 1. The molecule has 0 atom stereocenters. The lowest BCUT2D eigenvalue weighted by molar-refractivity contribution is -0.121. The standard InChI is InChI=1S/C19H31N5O3S/c1-3-22-19(24-12-9-16(10-13-24)14-18(25)21-2)23-11-8-15-4-6-17(7-5-15)28(20,26)27/h4-7,16H,3,8-14H2,1-2H3,(H,21,25)(H,22,23)(H2,20,26,27). The second-order valence-corrected chi connectivity index (χ2v) is 8.54. The van der Waals surface area contributed by atoms with Crippen LogP contribution in [0.5, 0.6) is 0 Å². The highest BCUT2D eigenvalue weighted by molar-refractivity contribution is 7.89. The van der Waals surface area contributed by atoms with Crippen LogP contribution in [0.15, 0.2) is 34.2 Å². The molecule has 0 spiro atoms. The molecule has 0 radical (unpaired) electrons.